The van der Waals surface area contributed by atoms with Gasteiger partial charge in [-0.3, -0.25) is 4.79 Å². The normalized spacial score (nSPS) is 12.0. The minimum Gasteiger partial charge on any atom is -0.508 e. The zero-order valence-corrected chi connectivity index (χ0v) is 11.9. The molecule has 1 amide bonds. The van der Waals surface area contributed by atoms with Crippen LogP contribution in [0.25, 0.3) is 0 Å². The maximum Gasteiger partial charge on any atom is 0.248 e. The zero-order valence-electron chi connectivity index (χ0n) is 11.9. The van der Waals surface area contributed by atoms with Gasteiger partial charge in [-0.25, -0.2) is 4.39 Å². The van der Waals surface area contributed by atoms with Crippen LogP contribution in [0.2, 0.25) is 0 Å². The molecule has 2 rings (SSSR count). The van der Waals surface area contributed by atoms with Gasteiger partial charge in [-0.2, -0.15) is 0 Å². The van der Waals surface area contributed by atoms with Crippen molar-refractivity contribution in [2.24, 2.45) is 5.73 Å². The van der Waals surface area contributed by atoms with Crippen LogP contribution in [0.15, 0.2) is 36.4 Å². The Morgan fingerprint density at radius 1 is 1.29 bits per heavy atom. The number of amides is 1. The van der Waals surface area contributed by atoms with Gasteiger partial charge in [0.1, 0.15) is 11.6 Å². The summed E-state index contributed by atoms with van der Waals surface area (Å²) in [5.74, 6) is -0.861. The fourth-order valence-electron chi connectivity index (χ4n) is 2.16. The van der Waals surface area contributed by atoms with Gasteiger partial charge < -0.3 is 16.2 Å². The monoisotopic (exact) mass is 288 g/mol. The number of phenolic OH excluding ortho intramolecular Hbond substituents is 1. The van der Waals surface area contributed by atoms with Gasteiger partial charge in [-0.1, -0.05) is 0 Å². The van der Waals surface area contributed by atoms with Crippen molar-refractivity contribution >= 4 is 11.6 Å². The van der Waals surface area contributed by atoms with Crippen molar-refractivity contribution in [2.75, 3.05) is 5.32 Å². The molecule has 110 valence electrons. The van der Waals surface area contributed by atoms with Crippen LogP contribution in [0.5, 0.6) is 5.75 Å². The first-order chi connectivity index (χ1) is 9.88. The molecule has 0 aliphatic carbocycles. The number of anilines is 1. The molecule has 0 aliphatic rings. The summed E-state index contributed by atoms with van der Waals surface area (Å²) in [6.07, 6.45) is 0. The van der Waals surface area contributed by atoms with E-state index in [9.17, 15) is 14.3 Å². The number of halogens is 1. The van der Waals surface area contributed by atoms with Crippen molar-refractivity contribution in [1.29, 1.82) is 0 Å². The van der Waals surface area contributed by atoms with Gasteiger partial charge >= 0.3 is 0 Å². The minimum atomic E-state index is -0.486. The number of rotatable bonds is 4. The number of phenols is 1. The highest BCUT2D eigenvalue weighted by atomic mass is 19.1. The maximum atomic E-state index is 13.3. The molecular formula is C16H17FN2O2. The van der Waals surface area contributed by atoms with Crippen molar-refractivity contribution in [1.82, 2.24) is 0 Å². The molecule has 0 aromatic heterocycles. The summed E-state index contributed by atoms with van der Waals surface area (Å²) in [6, 6.07) is 8.57. The minimum absolute atomic E-state index is 0.0304. The van der Waals surface area contributed by atoms with Gasteiger partial charge in [0.05, 0.1) is 6.04 Å². The third kappa shape index (κ3) is 3.31. The third-order valence-corrected chi connectivity index (χ3v) is 3.34. The molecule has 1 atom stereocenters. The summed E-state index contributed by atoms with van der Waals surface area (Å²) in [6.45, 7) is 3.66. The second-order valence-corrected chi connectivity index (χ2v) is 4.96. The summed E-state index contributed by atoms with van der Waals surface area (Å²) in [4.78, 5) is 11.1. The molecule has 4 nitrogen and oxygen atoms in total. The molecule has 0 heterocycles. The van der Waals surface area contributed by atoms with Crippen molar-refractivity contribution in [3.63, 3.8) is 0 Å². The molecule has 1 unspecified atom stereocenters. The van der Waals surface area contributed by atoms with Gasteiger partial charge in [-0.15, -0.1) is 0 Å². The number of primary amides is 1. The zero-order chi connectivity index (χ0) is 15.6. The smallest absolute Gasteiger partial charge is 0.248 e. The molecule has 0 saturated carbocycles. The quantitative estimate of drug-likeness (QED) is 0.809. The van der Waals surface area contributed by atoms with E-state index in [1.807, 2.05) is 13.8 Å². The van der Waals surface area contributed by atoms with Crippen LogP contribution in [0.3, 0.4) is 0 Å². The van der Waals surface area contributed by atoms with Crippen LogP contribution in [-0.2, 0) is 0 Å². The first-order valence-corrected chi connectivity index (χ1v) is 6.54. The fraction of sp³-hybridized carbons (Fsp3) is 0.188. The molecular weight excluding hydrogens is 271 g/mol. The Morgan fingerprint density at radius 3 is 2.62 bits per heavy atom. The number of hydrogen-bond donors (Lipinski definition) is 3. The standard InChI is InChI=1S/C16H17FN2O2/c1-9-7-11(16(18)21)3-5-14(9)19-10(2)13-8-12(17)4-6-15(13)20/h3-8,10,19-20H,1-2H3,(H2,18,21). The SMILES string of the molecule is Cc1cc(C(N)=O)ccc1NC(C)c1cc(F)ccc1O. The second kappa shape index (κ2) is 5.83. The van der Waals surface area contributed by atoms with Crippen molar-refractivity contribution in [3.8, 4) is 5.75 Å². The van der Waals surface area contributed by atoms with Gasteiger partial charge in [0, 0.05) is 16.8 Å². The van der Waals surface area contributed by atoms with Crippen LogP contribution in [0.4, 0.5) is 10.1 Å². The summed E-state index contributed by atoms with van der Waals surface area (Å²) in [5, 5.41) is 13.0. The molecule has 21 heavy (non-hydrogen) atoms. The number of carbonyl (C=O) groups excluding carboxylic acids is 1. The van der Waals surface area contributed by atoms with E-state index in [2.05, 4.69) is 5.32 Å². The van der Waals surface area contributed by atoms with E-state index in [4.69, 9.17) is 5.73 Å². The molecule has 0 saturated heterocycles. The summed E-state index contributed by atoms with van der Waals surface area (Å²) in [7, 11) is 0. The lowest BCUT2D eigenvalue weighted by atomic mass is 10.0. The topological polar surface area (TPSA) is 75.4 Å². The number of aryl methyl sites for hydroxylation is 1. The lowest BCUT2D eigenvalue weighted by Crippen LogP contribution is -2.12. The van der Waals surface area contributed by atoms with Crippen molar-refractivity contribution < 1.29 is 14.3 Å². The molecule has 2 aromatic rings. The molecule has 4 N–H and O–H groups in total. The first kappa shape index (κ1) is 14.8. The van der Waals surface area contributed by atoms with E-state index >= 15 is 0 Å². The van der Waals surface area contributed by atoms with Crippen molar-refractivity contribution in [3.05, 3.63) is 58.9 Å². The second-order valence-electron chi connectivity index (χ2n) is 4.96. The Labute approximate surface area is 122 Å². The Morgan fingerprint density at radius 2 is 2.00 bits per heavy atom. The van der Waals surface area contributed by atoms with Gasteiger partial charge in [0.2, 0.25) is 5.91 Å². The number of benzene rings is 2. The van der Waals surface area contributed by atoms with Crippen molar-refractivity contribution in [2.45, 2.75) is 19.9 Å². The number of nitrogens with two attached hydrogens (primary N) is 1. The largest absolute Gasteiger partial charge is 0.508 e. The summed E-state index contributed by atoms with van der Waals surface area (Å²) < 4.78 is 13.3. The molecule has 2 aromatic carbocycles. The molecule has 0 radical (unpaired) electrons. The van der Waals surface area contributed by atoms with Crippen LogP contribution in [0.1, 0.15) is 34.5 Å². The van der Waals surface area contributed by atoms with E-state index in [0.29, 0.717) is 11.1 Å². The average Bonchev–Trinajstić information content (AvgIpc) is 2.43. The van der Waals surface area contributed by atoms with E-state index in [1.54, 1.807) is 18.2 Å². The predicted octanol–water partition coefficient (Wildman–Crippen LogP) is 3.11. The lowest BCUT2D eigenvalue weighted by molar-refractivity contribution is 0.1000. The van der Waals surface area contributed by atoms with Gasteiger partial charge in [0.25, 0.3) is 0 Å². The first-order valence-electron chi connectivity index (χ1n) is 6.54. The van der Waals surface area contributed by atoms with E-state index in [1.165, 1.54) is 18.2 Å². The molecule has 0 bridgehead atoms. The molecule has 0 fully saturated rings. The molecule has 5 heteroatoms. The maximum absolute atomic E-state index is 13.3. The van der Waals surface area contributed by atoms with Crippen LogP contribution >= 0.6 is 0 Å². The Balaban J connectivity index is 2.25. The molecule has 0 spiro atoms. The van der Waals surface area contributed by atoms with E-state index in [0.717, 1.165) is 11.3 Å². The van der Waals surface area contributed by atoms with Gasteiger partial charge in [-0.05, 0) is 55.8 Å². The number of hydrogen-bond acceptors (Lipinski definition) is 3. The van der Waals surface area contributed by atoms with E-state index in [-0.39, 0.29) is 11.8 Å². The Hall–Kier alpha value is -2.56. The fourth-order valence-corrected chi connectivity index (χ4v) is 2.16. The number of nitrogens with one attached hydrogen (secondary N) is 1. The Kier molecular flexibility index (Phi) is 4.12. The van der Waals surface area contributed by atoms with Gasteiger partial charge in [0.15, 0.2) is 0 Å². The highest BCUT2D eigenvalue weighted by Gasteiger charge is 2.13. The van der Waals surface area contributed by atoms with Crippen LogP contribution in [0, 0.1) is 12.7 Å². The van der Waals surface area contributed by atoms with Crippen LogP contribution in [-0.4, -0.2) is 11.0 Å². The predicted molar refractivity (Wildman–Crippen MR) is 79.8 cm³/mol. The highest BCUT2D eigenvalue weighted by molar-refractivity contribution is 5.93. The molecule has 0 aliphatic heterocycles. The summed E-state index contributed by atoms with van der Waals surface area (Å²) >= 11 is 0. The number of carbonyl (C=O) groups is 1. The third-order valence-electron chi connectivity index (χ3n) is 3.34. The highest BCUT2D eigenvalue weighted by Crippen LogP contribution is 2.29. The number of aromatic hydroxyl groups is 1. The van der Waals surface area contributed by atoms with Crippen LogP contribution < -0.4 is 11.1 Å². The lowest BCUT2D eigenvalue weighted by Gasteiger charge is -2.19. The summed E-state index contributed by atoms with van der Waals surface area (Å²) in [5.41, 5.74) is 7.75. The average molecular weight is 288 g/mol. The van der Waals surface area contributed by atoms with E-state index < -0.39 is 11.7 Å². The Bertz CT molecular complexity index is 686.